The molecule has 17 heavy (non-hydrogen) atoms. The summed E-state index contributed by atoms with van der Waals surface area (Å²) in [7, 11) is -0.807. The summed E-state index contributed by atoms with van der Waals surface area (Å²) < 4.78 is 11.6. The van der Waals surface area contributed by atoms with Crippen molar-refractivity contribution in [3.05, 3.63) is 18.3 Å². The van der Waals surface area contributed by atoms with Crippen molar-refractivity contribution in [3.63, 3.8) is 0 Å². The minimum atomic E-state index is -0.807. The number of aromatic nitrogens is 1. The second-order valence-corrected chi connectivity index (χ2v) is 5.91. The largest absolute Gasteiger partial charge is 0.350 e. The van der Waals surface area contributed by atoms with Crippen molar-refractivity contribution in [1.29, 1.82) is 0 Å². The van der Waals surface area contributed by atoms with Crippen LogP contribution in [0.1, 0.15) is 6.42 Å². The highest BCUT2D eigenvalue weighted by atomic mass is 32.2. The van der Waals surface area contributed by atoms with Crippen LogP contribution in [0.5, 0.6) is 0 Å². The van der Waals surface area contributed by atoms with E-state index in [1.54, 1.807) is 6.20 Å². The van der Waals surface area contributed by atoms with Crippen molar-refractivity contribution < 1.29 is 9.00 Å². The third kappa shape index (κ3) is 1.93. The maximum Gasteiger partial charge on any atom is 0.226 e. The normalized spacial score (nSPS) is 27.8. The lowest BCUT2D eigenvalue weighted by molar-refractivity contribution is -0.116. The third-order valence-electron chi connectivity index (χ3n) is 3.13. The summed E-state index contributed by atoms with van der Waals surface area (Å²) in [6.45, 7) is 0.705. The molecule has 3 heterocycles. The number of hydrogen-bond donors (Lipinski definition) is 1. The average Bonchev–Trinajstić information content (AvgIpc) is 2.43. The molecule has 2 aliphatic rings. The van der Waals surface area contributed by atoms with E-state index in [1.165, 1.54) is 0 Å². The molecule has 0 spiro atoms. The van der Waals surface area contributed by atoms with Crippen LogP contribution in [0.2, 0.25) is 0 Å². The molecule has 5 nitrogen and oxygen atoms in total. The van der Waals surface area contributed by atoms with Crippen LogP contribution < -0.4 is 10.2 Å². The van der Waals surface area contributed by atoms with E-state index in [9.17, 15) is 9.00 Å². The fourth-order valence-corrected chi connectivity index (χ4v) is 3.65. The molecule has 90 valence electrons. The van der Waals surface area contributed by atoms with Crippen molar-refractivity contribution >= 4 is 28.2 Å². The number of nitrogens with one attached hydrogen (secondary N) is 1. The van der Waals surface area contributed by atoms with Gasteiger partial charge in [-0.05, 0) is 12.1 Å². The van der Waals surface area contributed by atoms with Gasteiger partial charge in [-0.15, -0.1) is 0 Å². The molecule has 3 rings (SSSR count). The fraction of sp³-hybridized carbons (Fsp3) is 0.455. The van der Waals surface area contributed by atoms with Gasteiger partial charge in [-0.3, -0.25) is 9.00 Å². The first kappa shape index (κ1) is 10.7. The Labute approximate surface area is 102 Å². The molecular weight excluding hydrogens is 238 g/mol. The Kier molecular flexibility index (Phi) is 2.58. The number of pyridine rings is 1. The van der Waals surface area contributed by atoms with Gasteiger partial charge in [-0.2, -0.15) is 0 Å². The Hall–Kier alpha value is -1.43. The fourth-order valence-electron chi connectivity index (χ4n) is 2.36. The van der Waals surface area contributed by atoms with Crippen LogP contribution in [0, 0.1) is 0 Å². The van der Waals surface area contributed by atoms with Gasteiger partial charge in [0.05, 0.1) is 11.7 Å². The Balaban J connectivity index is 2.03. The quantitative estimate of drug-likeness (QED) is 0.723. The first-order valence-electron chi connectivity index (χ1n) is 5.60. The van der Waals surface area contributed by atoms with Crippen molar-refractivity contribution in [2.24, 2.45) is 0 Å². The Morgan fingerprint density at radius 1 is 1.53 bits per heavy atom. The summed E-state index contributed by atoms with van der Waals surface area (Å²) in [4.78, 5) is 18.2. The van der Waals surface area contributed by atoms with E-state index in [0.29, 0.717) is 24.5 Å². The molecule has 2 aliphatic heterocycles. The molecule has 1 amide bonds. The molecule has 1 N–H and O–H groups in total. The minimum absolute atomic E-state index is 0.0146. The third-order valence-corrected chi connectivity index (χ3v) is 4.53. The SMILES string of the molecule is O=C1CC2CS(=O)CCN2c2ncccc2N1. The number of nitrogens with zero attached hydrogens (tertiary/aromatic N) is 2. The van der Waals surface area contributed by atoms with Crippen molar-refractivity contribution in [2.45, 2.75) is 12.5 Å². The maximum atomic E-state index is 11.7. The van der Waals surface area contributed by atoms with Crippen molar-refractivity contribution in [2.75, 3.05) is 28.3 Å². The predicted molar refractivity (Wildman–Crippen MR) is 66.5 cm³/mol. The van der Waals surface area contributed by atoms with Gasteiger partial charge in [0.1, 0.15) is 0 Å². The molecule has 0 aliphatic carbocycles. The maximum absolute atomic E-state index is 11.7. The van der Waals surface area contributed by atoms with E-state index < -0.39 is 10.8 Å². The summed E-state index contributed by atoms with van der Waals surface area (Å²) in [5, 5.41) is 2.85. The van der Waals surface area contributed by atoms with Crippen LogP contribution in [0.3, 0.4) is 0 Å². The summed E-state index contributed by atoms with van der Waals surface area (Å²) in [6, 6.07) is 3.68. The Bertz CT molecular complexity index is 491. The molecule has 6 heteroatoms. The van der Waals surface area contributed by atoms with Gasteiger partial charge in [-0.1, -0.05) is 0 Å². The van der Waals surface area contributed by atoms with Gasteiger partial charge in [0.15, 0.2) is 5.82 Å². The molecular formula is C11H13N3O2S. The van der Waals surface area contributed by atoms with E-state index in [0.717, 1.165) is 11.5 Å². The molecule has 0 bridgehead atoms. The first-order valence-corrected chi connectivity index (χ1v) is 7.09. The second-order valence-electron chi connectivity index (χ2n) is 4.28. The highest BCUT2D eigenvalue weighted by Crippen LogP contribution is 2.30. The van der Waals surface area contributed by atoms with Gasteiger partial charge in [-0.25, -0.2) is 4.98 Å². The molecule has 1 aromatic heterocycles. The van der Waals surface area contributed by atoms with E-state index in [2.05, 4.69) is 15.2 Å². The van der Waals surface area contributed by atoms with Gasteiger partial charge < -0.3 is 10.2 Å². The van der Waals surface area contributed by atoms with E-state index in [-0.39, 0.29) is 11.9 Å². The Morgan fingerprint density at radius 3 is 3.29 bits per heavy atom. The topological polar surface area (TPSA) is 62.3 Å². The second kappa shape index (κ2) is 4.10. The average molecular weight is 251 g/mol. The van der Waals surface area contributed by atoms with E-state index in [1.807, 2.05) is 12.1 Å². The molecule has 1 aromatic rings. The number of amides is 1. The lowest BCUT2D eigenvalue weighted by Crippen LogP contribution is -2.47. The zero-order chi connectivity index (χ0) is 11.8. The van der Waals surface area contributed by atoms with Crippen LogP contribution in [0.25, 0.3) is 0 Å². The summed E-state index contributed by atoms with van der Waals surface area (Å²) in [5.74, 6) is 2.00. The van der Waals surface area contributed by atoms with E-state index >= 15 is 0 Å². The molecule has 0 saturated carbocycles. The van der Waals surface area contributed by atoms with Gasteiger partial charge in [0.25, 0.3) is 0 Å². The first-order chi connectivity index (χ1) is 8.24. The molecule has 0 radical (unpaired) electrons. The predicted octanol–water partition coefficient (Wildman–Crippen LogP) is 0.361. The monoisotopic (exact) mass is 251 g/mol. The van der Waals surface area contributed by atoms with Crippen LogP contribution in [0.4, 0.5) is 11.5 Å². The lowest BCUT2D eigenvalue weighted by Gasteiger charge is -2.34. The van der Waals surface area contributed by atoms with Crippen LogP contribution in [0.15, 0.2) is 18.3 Å². The zero-order valence-electron chi connectivity index (χ0n) is 9.26. The molecule has 1 fully saturated rings. The molecule has 0 aromatic carbocycles. The lowest BCUT2D eigenvalue weighted by atomic mass is 10.2. The Morgan fingerprint density at radius 2 is 2.41 bits per heavy atom. The molecule has 2 unspecified atom stereocenters. The van der Waals surface area contributed by atoms with Crippen molar-refractivity contribution in [3.8, 4) is 0 Å². The summed E-state index contributed by atoms with van der Waals surface area (Å²) in [6.07, 6.45) is 2.11. The van der Waals surface area contributed by atoms with Crippen molar-refractivity contribution in [1.82, 2.24) is 4.98 Å². The highest BCUT2D eigenvalue weighted by Gasteiger charge is 2.33. The van der Waals surface area contributed by atoms with Gasteiger partial charge >= 0.3 is 0 Å². The smallest absolute Gasteiger partial charge is 0.226 e. The summed E-state index contributed by atoms with van der Waals surface area (Å²) >= 11 is 0. The minimum Gasteiger partial charge on any atom is -0.350 e. The summed E-state index contributed by atoms with van der Waals surface area (Å²) in [5.41, 5.74) is 0.757. The van der Waals surface area contributed by atoms with Crippen LogP contribution in [-0.4, -0.2) is 39.2 Å². The van der Waals surface area contributed by atoms with Gasteiger partial charge in [0.2, 0.25) is 5.91 Å². The van der Waals surface area contributed by atoms with Crippen LogP contribution >= 0.6 is 0 Å². The number of carbonyl (C=O) groups is 1. The van der Waals surface area contributed by atoms with Gasteiger partial charge in [0, 0.05) is 41.5 Å². The standard InChI is InChI=1S/C11H13N3O2S/c15-10-6-8-7-17(16)5-4-14(8)11-9(13-10)2-1-3-12-11/h1-3,8H,4-7H2,(H,13,15). The number of carbonyl (C=O) groups excluding carboxylic acids is 1. The number of rotatable bonds is 0. The number of fused-ring (bicyclic) bond motifs is 3. The number of anilines is 2. The molecule has 2 atom stereocenters. The van der Waals surface area contributed by atoms with Crippen LogP contribution in [-0.2, 0) is 15.6 Å². The number of hydrogen-bond acceptors (Lipinski definition) is 4. The van der Waals surface area contributed by atoms with E-state index in [4.69, 9.17) is 0 Å². The highest BCUT2D eigenvalue weighted by molar-refractivity contribution is 7.85. The molecule has 1 saturated heterocycles. The zero-order valence-corrected chi connectivity index (χ0v) is 10.1.